The maximum atomic E-state index is 12.5. The van der Waals surface area contributed by atoms with E-state index in [4.69, 9.17) is 4.74 Å². The lowest BCUT2D eigenvalue weighted by Gasteiger charge is -2.26. The van der Waals surface area contributed by atoms with E-state index in [2.05, 4.69) is 52.9 Å². The van der Waals surface area contributed by atoms with E-state index in [0.717, 1.165) is 39.3 Å². The number of para-hydroxylation sites is 2. The third-order valence-corrected chi connectivity index (χ3v) is 6.97. The van der Waals surface area contributed by atoms with Gasteiger partial charge in [-0.1, -0.05) is 66.4 Å². The number of aryl methyl sites for hydroxylation is 2. The number of ether oxygens (including phenoxy) is 1. The summed E-state index contributed by atoms with van der Waals surface area (Å²) in [5.41, 5.74) is 4.54. The van der Waals surface area contributed by atoms with Crippen molar-refractivity contribution in [3.63, 3.8) is 0 Å². The van der Waals surface area contributed by atoms with Gasteiger partial charge < -0.3 is 15.4 Å². The molecule has 0 bridgehead atoms. The Bertz CT molecular complexity index is 1040. The van der Waals surface area contributed by atoms with Crippen LogP contribution in [0.4, 0.5) is 10.8 Å². The monoisotopic (exact) mass is 440 g/mol. The minimum absolute atomic E-state index is 0.0109. The van der Waals surface area contributed by atoms with Crippen LogP contribution in [0.2, 0.25) is 0 Å². The van der Waals surface area contributed by atoms with Crippen molar-refractivity contribution in [2.45, 2.75) is 37.1 Å². The maximum absolute atomic E-state index is 12.5. The molecule has 30 heavy (non-hydrogen) atoms. The van der Waals surface area contributed by atoms with Crippen molar-refractivity contribution in [3.8, 4) is 5.75 Å². The average Bonchev–Trinajstić information content (AvgIpc) is 3.21. The highest BCUT2D eigenvalue weighted by Gasteiger charge is 2.22. The second-order valence-electron chi connectivity index (χ2n) is 7.04. The van der Waals surface area contributed by atoms with Crippen LogP contribution in [0.5, 0.6) is 5.75 Å². The van der Waals surface area contributed by atoms with E-state index in [1.54, 1.807) is 0 Å². The van der Waals surface area contributed by atoms with Gasteiger partial charge in [0.15, 0.2) is 4.34 Å². The lowest BCUT2D eigenvalue weighted by Crippen LogP contribution is -2.33. The van der Waals surface area contributed by atoms with Crippen LogP contribution in [0.3, 0.4) is 0 Å². The van der Waals surface area contributed by atoms with Crippen molar-refractivity contribution in [1.29, 1.82) is 0 Å². The molecular formula is C22H24N4O2S2. The fraction of sp³-hybridized carbons (Fsp3) is 0.318. The first kappa shape index (κ1) is 20.7. The molecule has 1 atom stereocenters. The molecular weight excluding hydrogens is 416 g/mol. The SMILES string of the molecule is CCc1cccc(C)c1Nc1nnc(SCC(=O)N[C@@H]2CCOc3ccccc32)s1. The lowest BCUT2D eigenvalue weighted by atomic mass is 10.0. The highest BCUT2D eigenvalue weighted by atomic mass is 32.2. The number of carbonyl (C=O) groups excluding carboxylic acids is 1. The van der Waals surface area contributed by atoms with Gasteiger partial charge in [0.05, 0.1) is 18.4 Å². The molecule has 0 aliphatic carbocycles. The summed E-state index contributed by atoms with van der Waals surface area (Å²) in [7, 11) is 0. The van der Waals surface area contributed by atoms with Gasteiger partial charge in [0.25, 0.3) is 0 Å². The second kappa shape index (κ2) is 9.49. The quantitative estimate of drug-likeness (QED) is 0.510. The molecule has 1 aliphatic heterocycles. The maximum Gasteiger partial charge on any atom is 0.230 e. The number of nitrogens with zero attached hydrogens (tertiary/aromatic N) is 2. The molecule has 0 saturated heterocycles. The van der Waals surface area contributed by atoms with Gasteiger partial charge in [-0.3, -0.25) is 4.79 Å². The van der Waals surface area contributed by atoms with Gasteiger partial charge in [-0.05, 0) is 30.5 Å². The van der Waals surface area contributed by atoms with Crippen LogP contribution in [-0.2, 0) is 11.2 Å². The van der Waals surface area contributed by atoms with Crippen LogP contribution in [-0.4, -0.2) is 28.5 Å². The van der Waals surface area contributed by atoms with Crippen LogP contribution in [0.1, 0.15) is 36.1 Å². The Morgan fingerprint density at radius 3 is 2.97 bits per heavy atom. The first-order valence-corrected chi connectivity index (χ1v) is 11.8. The number of nitrogens with one attached hydrogen (secondary N) is 2. The predicted octanol–water partition coefficient (Wildman–Crippen LogP) is 4.88. The number of fused-ring (bicyclic) bond motifs is 1. The third kappa shape index (κ3) is 4.76. The summed E-state index contributed by atoms with van der Waals surface area (Å²) in [6.07, 6.45) is 1.72. The molecule has 2 heterocycles. The summed E-state index contributed by atoms with van der Waals surface area (Å²) in [5.74, 6) is 1.14. The van der Waals surface area contributed by atoms with Crippen LogP contribution in [0, 0.1) is 6.92 Å². The van der Waals surface area contributed by atoms with Crippen LogP contribution in [0.25, 0.3) is 0 Å². The average molecular weight is 441 g/mol. The fourth-order valence-corrected chi connectivity index (χ4v) is 5.05. The van der Waals surface area contributed by atoms with E-state index in [-0.39, 0.29) is 11.9 Å². The standard InChI is InChI=1S/C22H24N4O2S2/c1-3-15-8-6-7-14(2)20(15)24-21-25-26-22(30-21)29-13-19(27)23-17-11-12-28-18-10-5-4-9-16(17)18/h4-10,17H,3,11-13H2,1-2H3,(H,23,27)(H,24,25)/t17-/m1/s1. The smallest absolute Gasteiger partial charge is 0.230 e. The van der Waals surface area contributed by atoms with Crippen LogP contribution < -0.4 is 15.4 Å². The number of rotatable bonds is 7. The predicted molar refractivity (Wildman–Crippen MR) is 122 cm³/mol. The lowest BCUT2D eigenvalue weighted by molar-refractivity contribution is -0.119. The Hall–Kier alpha value is -2.58. The zero-order valence-corrected chi connectivity index (χ0v) is 18.6. The molecule has 1 aliphatic rings. The van der Waals surface area contributed by atoms with E-state index in [1.807, 2.05) is 24.3 Å². The van der Waals surface area contributed by atoms with Gasteiger partial charge in [-0.25, -0.2) is 0 Å². The first-order valence-electron chi connectivity index (χ1n) is 9.97. The Morgan fingerprint density at radius 1 is 1.23 bits per heavy atom. The molecule has 8 heteroatoms. The molecule has 156 valence electrons. The zero-order valence-electron chi connectivity index (χ0n) is 17.0. The highest BCUT2D eigenvalue weighted by Crippen LogP contribution is 2.33. The van der Waals surface area contributed by atoms with Gasteiger partial charge >= 0.3 is 0 Å². The summed E-state index contributed by atoms with van der Waals surface area (Å²) < 4.78 is 6.43. The molecule has 2 aromatic carbocycles. The minimum atomic E-state index is -0.0152. The summed E-state index contributed by atoms with van der Waals surface area (Å²) in [6.45, 7) is 4.83. The fourth-order valence-electron chi connectivity index (χ4n) is 3.48. The first-order chi connectivity index (χ1) is 14.6. The summed E-state index contributed by atoms with van der Waals surface area (Å²) in [4.78, 5) is 12.5. The Balaban J connectivity index is 1.34. The summed E-state index contributed by atoms with van der Waals surface area (Å²) >= 11 is 2.87. The van der Waals surface area contributed by atoms with Crippen molar-refractivity contribution in [2.75, 3.05) is 17.7 Å². The summed E-state index contributed by atoms with van der Waals surface area (Å²) in [6, 6.07) is 14.1. The van der Waals surface area contributed by atoms with Crippen molar-refractivity contribution < 1.29 is 9.53 Å². The molecule has 0 radical (unpaired) electrons. The van der Waals surface area contributed by atoms with E-state index in [0.29, 0.717) is 12.4 Å². The number of benzene rings is 2. The molecule has 3 aromatic rings. The molecule has 4 rings (SSSR count). The Morgan fingerprint density at radius 2 is 2.10 bits per heavy atom. The van der Waals surface area contributed by atoms with Gasteiger partial charge in [0, 0.05) is 17.7 Å². The highest BCUT2D eigenvalue weighted by molar-refractivity contribution is 8.01. The molecule has 0 spiro atoms. The van der Waals surface area contributed by atoms with Crippen molar-refractivity contribution in [1.82, 2.24) is 15.5 Å². The van der Waals surface area contributed by atoms with E-state index in [1.165, 1.54) is 34.2 Å². The molecule has 0 saturated carbocycles. The summed E-state index contributed by atoms with van der Waals surface area (Å²) in [5, 5.41) is 15.7. The second-order valence-corrected chi connectivity index (χ2v) is 9.24. The Labute approximate surface area is 184 Å². The van der Waals surface area contributed by atoms with E-state index < -0.39 is 0 Å². The molecule has 6 nitrogen and oxygen atoms in total. The topological polar surface area (TPSA) is 76.1 Å². The third-order valence-electron chi connectivity index (χ3n) is 5.00. The van der Waals surface area contributed by atoms with Gasteiger partial charge in [0.1, 0.15) is 5.75 Å². The zero-order chi connectivity index (χ0) is 20.9. The molecule has 0 unspecified atom stereocenters. The van der Waals surface area contributed by atoms with Crippen LogP contribution >= 0.6 is 23.1 Å². The number of hydrogen-bond acceptors (Lipinski definition) is 7. The van der Waals surface area contributed by atoms with Gasteiger partial charge in [-0.2, -0.15) is 0 Å². The number of amides is 1. The van der Waals surface area contributed by atoms with E-state index >= 15 is 0 Å². The Kier molecular flexibility index (Phi) is 6.54. The van der Waals surface area contributed by atoms with Crippen molar-refractivity contribution in [3.05, 3.63) is 59.2 Å². The van der Waals surface area contributed by atoms with Gasteiger partial charge in [-0.15, -0.1) is 10.2 Å². The number of carbonyl (C=O) groups is 1. The normalized spacial score (nSPS) is 15.2. The molecule has 2 N–H and O–H groups in total. The number of anilines is 2. The molecule has 1 amide bonds. The largest absolute Gasteiger partial charge is 0.493 e. The molecule has 1 aromatic heterocycles. The number of thioether (sulfide) groups is 1. The number of aromatic nitrogens is 2. The van der Waals surface area contributed by atoms with Crippen LogP contribution in [0.15, 0.2) is 46.8 Å². The minimum Gasteiger partial charge on any atom is -0.493 e. The van der Waals surface area contributed by atoms with Crippen molar-refractivity contribution >= 4 is 39.8 Å². The van der Waals surface area contributed by atoms with Crippen molar-refractivity contribution in [2.24, 2.45) is 0 Å². The van der Waals surface area contributed by atoms with Gasteiger partial charge in [0.2, 0.25) is 11.0 Å². The molecule has 0 fully saturated rings. The van der Waals surface area contributed by atoms with E-state index in [9.17, 15) is 4.79 Å². The number of hydrogen-bond donors (Lipinski definition) is 2.